The zero-order valence-corrected chi connectivity index (χ0v) is 16.1. The number of hydrogen-bond donors (Lipinski definition) is 3. The first kappa shape index (κ1) is 20.8. The van der Waals surface area contributed by atoms with Crippen LogP contribution in [0.2, 0.25) is 0 Å². The Kier molecular flexibility index (Phi) is 10.7. The molecule has 6 nitrogen and oxygen atoms in total. The van der Waals surface area contributed by atoms with Crippen LogP contribution in [0.3, 0.4) is 0 Å². The molecular weight excluding hydrogens is 395 g/mol. The summed E-state index contributed by atoms with van der Waals surface area (Å²) in [6.07, 6.45) is 2.30. The standard InChI is InChI=1S/C15H26N4O2.HI/c1-5-16-15(19-11(2)3)18-9-6-8-17-14(20)13-12(4)7-10-21-13;/h7,10-11H,5-6,8-9H2,1-4H3,(H,17,20)(H2,16,18,19);1H. The highest BCUT2D eigenvalue weighted by Crippen LogP contribution is 2.07. The molecule has 22 heavy (non-hydrogen) atoms. The molecule has 0 aromatic carbocycles. The number of furan rings is 1. The smallest absolute Gasteiger partial charge is 0.287 e. The molecule has 0 saturated carbocycles. The van der Waals surface area contributed by atoms with Crippen molar-refractivity contribution in [3.63, 3.8) is 0 Å². The number of nitrogens with one attached hydrogen (secondary N) is 3. The van der Waals surface area contributed by atoms with E-state index in [1.807, 2.05) is 13.8 Å². The Bertz CT molecular complexity index is 472. The van der Waals surface area contributed by atoms with Crippen molar-refractivity contribution >= 4 is 35.8 Å². The van der Waals surface area contributed by atoms with E-state index in [4.69, 9.17) is 4.42 Å². The number of guanidine groups is 1. The molecule has 126 valence electrons. The topological polar surface area (TPSA) is 78.7 Å². The molecule has 0 aliphatic heterocycles. The summed E-state index contributed by atoms with van der Waals surface area (Å²) < 4.78 is 5.14. The molecule has 0 spiro atoms. The van der Waals surface area contributed by atoms with Gasteiger partial charge in [-0.05, 0) is 40.2 Å². The van der Waals surface area contributed by atoms with Crippen LogP contribution in [0.25, 0.3) is 0 Å². The summed E-state index contributed by atoms with van der Waals surface area (Å²) in [4.78, 5) is 16.3. The third-order valence-corrected chi connectivity index (χ3v) is 2.73. The number of nitrogens with zero attached hydrogens (tertiary/aromatic N) is 1. The molecule has 0 aliphatic carbocycles. The van der Waals surface area contributed by atoms with E-state index in [0.717, 1.165) is 24.5 Å². The summed E-state index contributed by atoms with van der Waals surface area (Å²) in [5.41, 5.74) is 0.848. The maximum atomic E-state index is 11.8. The number of rotatable bonds is 7. The lowest BCUT2D eigenvalue weighted by molar-refractivity contribution is 0.0925. The fourth-order valence-electron chi connectivity index (χ4n) is 1.75. The molecule has 1 heterocycles. The maximum absolute atomic E-state index is 11.8. The zero-order valence-electron chi connectivity index (χ0n) is 13.7. The molecule has 1 aromatic rings. The van der Waals surface area contributed by atoms with Gasteiger partial charge in [0.25, 0.3) is 5.91 Å². The van der Waals surface area contributed by atoms with Crippen molar-refractivity contribution in [1.29, 1.82) is 0 Å². The minimum absolute atomic E-state index is 0. The first-order valence-electron chi connectivity index (χ1n) is 7.41. The largest absolute Gasteiger partial charge is 0.459 e. The highest BCUT2D eigenvalue weighted by atomic mass is 127. The van der Waals surface area contributed by atoms with Gasteiger partial charge < -0.3 is 20.4 Å². The average Bonchev–Trinajstić information content (AvgIpc) is 2.84. The van der Waals surface area contributed by atoms with Crippen molar-refractivity contribution < 1.29 is 9.21 Å². The Balaban J connectivity index is 0.00000441. The fraction of sp³-hybridized carbons (Fsp3) is 0.600. The monoisotopic (exact) mass is 422 g/mol. The molecule has 1 aromatic heterocycles. The van der Waals surface area contributed by atoms with Crippen LogP contribution in [-0.4, -0.2) is 37.5 Å². The van der Waals surface area contributed by atoms with Gasteiger partial charge in [-0.3, -0.25) is 9.79 Å². The maximum Gasteiger partial charge on any atom is 0.287 e. The van der Waals surface area contributed by atoms with Gasteiger partial charge in [0.2, 0.25) is 0 Å². The normalized spacial score (nSPS) is 11.0. The van der Waals surface area contributed by atoms with Crippen LogP contribution in [0.1, 0.15) is 43.3 Å². The first-order valence-corrected chi connectivity index (χ1v) is 7.41. The number of carbonyl (C=O) groups excluding carboxylic acids is 1. The molecule has 0 atom stereocenters. The predicted octanol–water partition coefficient (Wildman–Crippen LogP) is 2.29. The van der Waals surface area contributed by atoms with E-state index >= 15 is 0 Å². The molecule has 0 unspecified atom stereocenters. The van der Waals surface area contributed by atoms with Crippen LogP contribution in [-0.2, 0) is 0 Å². The molecule has 0 fully saturated rings. The SMILES string of the molecule is CCNC(=NCCCNC(=O)c1occc1C)NC(C)C.I. The second-order valence-corrected chi connectivity index (χ2v) is 5.10. The van der Waals surface area contributed by atoms with E-state index in [2.05, 4.69) is 34.8 Å². The minimum atomic E-state index is -0.173. The van der Waals surface area contributed by atoms with E-state index in [0.29, 0.717) is 24.9 Å². The average molecular weight is 422 g/mol. The lowest BCUT2D eigenvalue weighted by Crippen LogP contribution is -2.41. The van der Waals surface area contributed by atoms with Gasteiger partial charge in [-0.2, -0.15) is 0 Å². The van der Waals surface area contributed by atoms with Gasteiger partial charge in [0.15, 0.2) is 11.7 Å². The predicted molar refractivity (Wildman–Crippen MR) is 100 cm³/mol. The Morgan fingerprint density at radius 2 is 2.09 bits per heavy atom. The Hall–Kier alpha value is -1.25. The summed E-state index contributed by atoms with van der Waals surface area (Å²) in [6, 6.07) is 2.11. The van der Waals surface area contributed by atoms with Crippen molar-refractivity contribution in [3.05, 3.63) is 23.7 Å². The summed E-state index contributed by atoms with van der Waals surface area (Å²) >= 11 is 0. The molecule has 0 saturated heterocycles. The van der Waals surface area contributed by atoms with Gasteiger partial charge in [-0.15, -0.1) is 24.0 Å². The second-order valence-electron chi connectivity index (χ2n) is 5.10. The first-order chi connectivity index (χ1) is 10.0. The minimum Gasteiger partial charge on any atom is -0.459 e. The van der Waals surface area contributed by atoms with E-state index in [1.165, 1.54) is 6.26 Å². The van der Waals surface area contributed by atoms with Crippen molar-refractivity contribution in [3.8, 4) is 0 Å². The van der Waals surface area contributed by atoms with E-state index in [-0.39, 0.29) is 29.9 Å². The summed E-state index contributed by atoms with van der Waals surface area (Å²) in [5, 5.41) is 9.26. The molecule has 0 bridgehead atoms. The third-order valence-electron chi connectivity index (χ3n) is 2.73. The molecular formula is C15H27IN4O2. The van der Waals surface area contributed by atoms with Crippen molar-refractivity contribution in [2.75, 3.05) is 19.6 Å². The fourth-order valence-corrected chi connectivity index (χ4v) is 1.75. The number of hydrogen-bond acceptors (Lipinski definition) is 3. The van der Waals surface area contributed by atoms with E-state index < -0.39 is 0 Å². The van der Waals surface area contributed by atoms with Crippen LogP contribution in [0.15, 0.2) is 21.7 Å². The van der Waals surface area contributed by atoms with Crippen molar-refractivity contribution in [2.24, 2.45) is 4.99 Å². The molecule has 1 amide bonds. The number of halogens is 1. The Labute approximate surface area is 149 Å². The number of aliphatic imine (C=N–C) groups is 1. The molecule has 7 heteroatoms. The van der Waals surface area contributed by atoms with Crippen LogP contribution < -0.4 is 16.0 Å². The van der Waals surface area contributed by atoms with Gasteiger partial charge in [-0.1, -0.05) is 0 Å². The molecule has 3 N–H and O–H groups in total. The molecule has 1 rings (SSSR count). The van der Waals surface area contributed by atoms with Crippen LogP contribution >= 0.6 is 24.0 Å². The molecule has 0 aliphatic rings. The lowest BCUT2D eigenvalue weighted by Gasteiger charge is -2.13. The number of amides is 1. The van der Waals surface area contributed by atoms with E-state index in [9.17, 15) is 4.79 Å². The van der Waals surface area contributed by atoms with Crippen molar-refractivity contribution in [1.82, 2.24) is 16.0 Å². The second kappa shape index (κ2) is 11.3. The van der Waals surface area contributed by atoms with Gasteiger partial charge in [0.05, 0.1) is 6.26 Å². The summed E-state index contributed by atoms with van der Waals surface area (Å²) in [6.45, 7) is 10.1. The van der Waals surface area contributed by atoms with Crippen LogP contribution in [0.5, 0.6) is 0 Å². The van der Waals surface area contributed by atoms with Gasteiger partial charge in [-0.25, -0.2) is 0 Å². The highest BCUT2D eigenvalue weighted by Gasteiger charge is 2.11. The zero-order chi connectivity index (χ0) is 15.7. The van der Waals surface area contributed by atoms with Crippen LogP contribution in [0.4, 0.5) is 0 Å². The molecule has 0 radical (unpaired) electrons. The Morgan fingerprint density at radius 1 is 1.36 bits per heavy atom. The van der Waals surface area contributed by atoms with Gasteiger partial charge in [0, 0.05) is 31.2 Å². The van der Waals surface area contributed by atoms with Gasteiger partial charge >= 0.3 is 0 Å². The summed E-state index contributed by atoms with van der Waals surface area (Å²) in [5.74, 6) is 1.02. The summed E-state index contributed by atoms with van der Waals surface area (Å²) in [7, 11) is 0. The third kappa shape index (κ3) is 7.67. The van der Waals surface area contributed by atoms with E-state index in [1.54, 1.807) is 6.07 Å². The quantitative estimate of drug-likeness (QED) is 0.273. The number of carbonyl (C=O) groups is 1. The van der Waals surface area contributed by atoms with Gasteiger partial charge in [0.1, 0.15) is 0 Å². The lowest BCUT2D eigenvalue weighted by atomic mass is 10.2. The van der Waals surface area contributed by atoms with Crippen LogP contribution in [0, 0.1) is 6.92 Å². The van der Waals surface area contributed by atoms with Crippen molar-refractivity contribution in [2.45, 2.75) is 40.2 Å². The number of aryl methyl sites for hydroxylation is 1. The Morgan fingerprint density at radius 3 is 2.64 bits per heavy atom. The highest BCUT2D eigenvalue weighted by molar-refractivity contribution is 14.0.